The number of amides is 1. The van der Waals surface area contributed by atoms with Crippen molar-refractivity contribution in [3.05, 3.63) is 58.1 Å². The molecule has 0 aromatic heterocycles. The van der Waals surface area contributed by atoms with E-state index in [2.05, 4.69) is 0 Å². The molecule has 8 heteroatoms. The van der Waals surface area contributed by atoms with Crippen molar-refractivity contribution in [3.63, 3.8) is 0 Å². The highest BCUT2D eigenvalue weighted by molar-refractivity contribution is 6.46. The van der Waals surface area contributed by atoms with Crippen molar-refractivity contribution < 1.29 is 29.3 Å². The monoisotopic (exact) mass is 445 g/mol. The highest BCUT2D eigenvalue weighted by atomic mass is 35.5. The first-order valence-corrected chi connectivity index (χ1v) is 10.3. The maximum absolute atomic E-state index is 12.9. The first-order valence-electron chi connectivity index (χ1n) is 9.92. The van der Waals surface area contributed by atoms with Crippen molar-refractivity contribution in [2.45, 2.75) is 26.3 Å². The summed E-state index contributed by atoms with van der Waals surface area (Å²) in [5.41, 5.74) is 0.775. The summed E-state index contributed by atoms with van der Waals surface area (Å²) in [6.07, 6.45) is 0.619. The molecule has 0 saturated carbocycles. The number of ether oxygens (including phenoxy) is 2. The third kappa shape index (κ3) is 4.18. The van der Waals surface area contributed by atoms with Crippen LogP contribution in [0.4, 0.5) is 0 Å². The lowest BCUT2D eigenvalue weighted by Gasteiger charge is -2.25. The third-order valence-corrected chi connectivity index (χ3v) is 5.32. The average Bonchev–Trinajstić information content (AvgIpc) is 3.00. The van der Waals surface area contributed by atoms with Gasteiger partial charge in [0, 0.05) is 12.1 Å². The standard InChI is InChI=1S/C23H24ClNO6/c1-4-10-25-20(13-6-8-16(26)18(12-13)31-5-2)19(22(28)23(25)29)21(27)14-7-9-17(30-3)15(24)11-14/h6-9,11-12,20,26-27H,4-5,10H2,1-3H3/b21-19-. The molecule has 2 aromatic carbocycles. The number of phenolic OH excluding ortho intramolecular Hbond substituents is 1. The second kappa shape index (κ2) is 9.31. The van der Waals surface area contributed by atoms with Crippen LogP contribution in [0.3, 0.4) is 0 Å². The zero-order valence-electron chi connectivity index (χ0n) is 17.5. The zero-order chi connectivity index (χ0) is 22.7. The lowest BCUT2D eigenvalue weighted by molar-refractivity contribution is -0.139. The Hall–Kier alpha value is -3.19. The molecule has 31 heavy (non-hydrogen) atoms. The Kier molecular flexibility index (Phi) is 6.75. The van der Waals surface area contributed by atoms with E-state index >= 15 is 0 Å². The number of halogens is 1. The molecule has 1 unspecified atom stereocenters. The van der Waals surface area contributed by atoms with Crippen LogP contribution in [0, 0.1) is 0 Å². The number of phenols is 1. The fourth-order valence-electron chi connectivity index (χ4n) is 3.64. The summed E-state index contributed by atoms with van der Waals surface area (Å²) in [6, 6.07) is 8.40. The number of carbonyl (C=O) groups excluding carboxylic acids is 2. The SMILES string of the molecule is CCCN1C(=O)C(=O)/C(=C(\O)c2ccc(OC)c(Cl)c2)C1c1ccc(O)c(OCC)c1. The fraction of sp³-hybridized carbons (Fsp3) is 0.304. The summed E-state index contributed by atoms with van der Waals surface area (Å²) in [4.78, 5) is 27.1. The molecule has 1 aliphatic rings. The number of methoxy groups -OCH3 is 1. The van der Waals surface area contributed by atoms with Crippen LogP contribution in [-0.4, -0.2) is 47.1 Å². The number of carbonyl (C=O) groups is 2. The van der Waals surface area contributed by atoms with Gasteiger partial charge in [-0.25, -0.2) is 0 Å². The molecule has 1 amide bonds. The molecule has 0 aliphatic carbocycles. The molecule has 1 fully saturated rings. The average molecular weight is 446 g/mol. The van der Waals surface area contributed by atoms with Gasteiger partial charge in [-0.15, -0.1) is 0 Å². The quantitative estimate of drug-likeness (QED) is 0.375. The van der Waals surface area contributed by atoms with Crippen LogP contribution >= 0.6 is 11.6 Å². The molecule has 0 bridgehead atoms. The maximum atomic E-state index is 12.9. The minimum atomic E-state index is -0.833. The Morgan fingerprint density at radius 1 is 1.13 bits per heavy atom. The molecule has 2 N–H and O–H groups in total. The number of aliphatic hydroxyl groups excluding tert-OH is 1. The van der Waals surface area contributed by atoms with Gasteiger partial charge >= 0.3 is 0 Å². The fourth-order valence-corrected chi connectivity index (χ4v) is 3.90. The molecular weight excluding hydrogens is 422 g/mol. The molecule has 1 saturated heterocycles. The maximum Gasteiger partial charge on any atom is 0.295 e. The van der Waals surface area contributed by atoms with E-state index in [0.29, 0.717) is 30.9 Å². The van der Waals surface area contributed by atoms with Gasteiger partial charge in [0.15, 0.2) is 11.5 Å². The van der Waals surface area contributed by atoms with Gasteiger partial charge in [-0.05, 0) is 49.2 Å². The summed E-state index contributed by atoms with van der Waals surface area (Å²) in [6.45, 7) is 4.32. The minimum absolute atomic E-state index is 0.0483. The predicted octanol–water partition coefficient (Wildman–Crippen LogP) is 4.28. The van der Waals surface area contributed by atoms with Gasteiger partial charge in [0.2, 0.25) is 0 Å². The first-order chi connectivity index (χ1) is 14.8. The Balaban J connectivity index is 2.20. The molecule has 0 radical (unpaired) electrons. The topological polar surface area (TPSA) is 96.3 Å². The van der Waals surface area contributed by atoms with Crippen molar-refractivity contribution in [1.82, 2.24) is 4.90 Å². The summed E-state index contributed by atoms with van der Waals surface area (Å²) in [5.74, 6) is -1.22. The Bertz CT molecular complexity index is 1050. The van der Waals surface area contributed by atoms with Gasteiger partial charge in [-0.2, -0.15) is 0 Å². The third-order valence-electron chi connectivity index (χ3n) is 5.03. The second-order valence-electron chi connectivity index (χ2n) is 7.00. The number of hydrogen-bond donors (Lipinski definition) is 2. The van der Waals surface area contributed by atoms with Crippen LogP contribution in [0.25, 0.3) is 5.76 Å². The van der Waals surface area contributed by atoms with E-state index in [9.17, 15) is 19.8 Å². The van der Waals surface area contributed by atoms with Crippen LogP contribution < -0.4 is 9.47 Å². The molecule has 0 spiro atoms. The van der Waals surface area contributed by atoms with E-state index < -0.39 is 17.7 Å². The number of aromatic hydroxyl groups is 1. The van der Waals surface area contributed by atoms with Crippen molar-refractivity contribution in [3.8, 4) is 17.2 Å². The van der Waals surface area contributed by atoms with Crippen molar-refractivity contribution >= 4 is 29.1 Å². The van der Waals surface area contributed by atoms with Crippen molar-refractivity contribution in [2.75, 3.05) is 20.3 Å². The van der Waals surface area contributed by atoms with Crippen molar-refractivity contribution in [1.29, 1.82) is 0 Å². The predicted molar refractivity (Wildman–Crippen MR) is 117 cm³/mol. The van der Waals surface area contributed by atoms with Crippen LogP contribution in [0.5, 0.6) is 17.2 Å². The smallest absolute Gasteiger partial charge is 0.295 e. The molecule has 7 nitrogen and oxygen atoms in total. The number of Topliss-reactive ketones (excluding diaryl/α,β-unsaturated/α-hetero) is 1. The number of aliphatic hydroxyl groups is 1. The summed E-state index contributed by atoms with van der Waals surface area (Å²) < 4.78 is 10.6. The largest absolute Gasteiger partial charge is 0.507 e. The highest BCUT2D eigenvalue weighted by Gasteiger charge is 2.45. The number of hydrogen-bond acceptors (Lipinski definition) is 6. The van der Waals surface area contributed by atoms with E-state index in [-0.39, 0.29) is 33.4 Å². The molecular formula is C23H24ClNO6. The lowest BCUT2D eigenvalue weighted by atomic mass is 9.95. The summed E-state index contributed by atoms with van der Waals surface area (Å²) >= 11 is 6.18. The molecule has 2 aromatic rings. The molecule has 1 heterocycles. The van der Waals surface area contributed by atoms with Crippen molar-refractivity contribution in [2.24, 2.45) is 0 Å². The van der Waals surface area contributed by atoms with E-state index in [0.717, 1.165) is 0 Å². The lowest BCUT2D eigenvalue weighted by Crippen LogP contribution is -2.30. The summed E-state index contributed by atoms with van der Waals surface area (Å²) in [7, 11) is 1.47. The molecule has 164 valence electrons. The van der Waals surface area contributed by atoms with Gasteiger partial charge in [-0.1, -0.05) is 24.6 Å². The highest BCUT2D eigenvalue weighted by Crippen LogP contribution is 2.42. The number of nitrogens with zero attached hydrogens (tertiary/aromatic N) is 1. The minimum Gasteiger partial charge on any atom is -0.507 e. The van der Waals surface area contributed by atoms with E-state index in [1.807, 2.05) is 6.92 Å². The molecule has 1 aliphatic heterocycles. The Morgan fingerprint density at radius 2 is 1.87 bits per heavy atom. The summed E-state index contributed by atoms with van der Waals surface area (Å²) in [5, 5.41) is 21.4. The van der Waals surface area contributed by atoms with Gasteiger partial charge in [0.25, 0.3) is 11.7 Å². The molecule has 3 rings (SSSR count). The van der Waals surface area contributed by atoms with E-state index in [4.69, 9.17) is 21.1 Å². The number of likely N-dealkylation sites (tertiary alicyclic amines) is 1. The van der Waals surface area contributed by atoms with Gasteiger partial charge in [0.05, 0.1) is 30.4 Å². The van der Waals surface area contributed by atoms with Gasteiger partial charge < -0.3 is 24.6 Å². The van der Waals surface area contributed by atoms with Crippen LogP contribution in [0.1, 0.15) is 37.4 Å². The zero-order valence-corrected chi connectivity index (χ0v) is 18.3. The van der Waals surface area contributed by atoms with Gasteiger partial charge in [0.1, 0.15) is 11.5 Å². The van der Waals surface area contributed by atoms with Gasteiger partial charge in [-0.3, -0.25) is 9.59 Å². The normalized spacial score (nSPS) is 17.8. The van der Waals surface area contributed by atoms with Crippen LogP contribution in [0.2, 0.25) is 5.02 Å². The number of rotatable bonds is 7. The molecule has 1 atom stereocenters. The van der Waals surface area contributed by atoms with E-state index in [1.165, 1.54) is 24.1 Å². The van der Waals surface area contributed by atoms with E-state index in [1.54, 1.807) is 31.2 Å². The number of benzene rings is 2. The second-order valence-corrected chi connectivity index (χ2v) is 7.41. The first kappa shape index (κ1) is 22.5. The Morgan fingerprint density at radius 3 is 2.48 bits per heavy atom. The van der Waals surface area contributed by atoms with Crippen LogP contribution in [0.15, 0.2) is 42.0 Å². The van der Waals surface area contributed by atoms with Crippen LogP contribution in [-0.2, 0) is 9.59 Å². The number of ketones is 1. The Labute approximate surface area is 185 Å².